The van der Waals surface area contributed by atoms with Crippen LogP contribution in [0.15, 0.2) is 24.3 Å². The van der Waals surface area contributed by atoms with Gasteiger partial charge in [0.05, 0.1) is 10.3 Å². The van der Waals surface area contributed by atoms with Crippen molar-refractivity contribution >= 4 is 29.1 Å². The summed E-state index contributed by atoms with van der Waals surface area (Å²) in [5, 5.41) is 13.3. The zero-order chi connectivity index (χ0) is 19.3. The van der Waals surface area contributed by atoms with Gasteiger partial charge in [-0.05, 0) is 24.3 Å². The third-order valence-corrected chi connectivity index (χ3v) is 6.15. The minimum absolute atomic E-state index is 0.153. The number of anilines is 1. The highest BCUT2D eigenvalue weighted by Crippen LogP contribution is 2.59. The van der Waals surface area contributed by atoms with Gasteiger partial charge in [-0.2, -0.15) is 0 Å². The highest BCUT2D eigenvalue weighted by Gasteiger charge is 2.64. The van der Waals surface area contributed by atoms with E-state index in [2.05, 4.69) is 5.32 Å². The van der Waals surface area contributed by atoms with Gasteiger partial charge in [0.15, 0.2) is 0 Å². The Morgan fingerprint density at radius 2 is 2.04 bits per heavy atom. The Kier molecular flexibility index (Phi) is 4.09. The van der Waals surface area contributed by atoms with Crippen molar-refractivity contribution < 1.29 is 19.3 Å². The van der Waals surface area contributed by atoms with E-state index in [0.717, 1.165) is 4.90 Å². The minimum Gasteiger partial charge on any atom is -0.324 e. The molecule has 1 aliphatic heterocycles. The molecule has 1 N–H and O–H groups in total. The van der Waals surface area contributed by atoms with Crippen LogP contribution in [-0.4, -0.2) is 34.1 Å². The van der Waals surface area contributed by atoms with Gasteiger partial charge >= 0.3 is 0 Å². The van der Waals surface area contributed by atoms with E-state index in [9.17, 15) is 24.5 Å². The number of benzene rings is 1. The normalized spacial score (nSPS) is 26.7. The number of nitro groups is 1. The predicted octanol–water partition coefficient (Wildman–Crippen LogP) is 2.34. The molecule has 1 aromatic carbocycles. The number of carbonyl (C=O) groups is 3. The van der Waals surface area contributed by atoms with Crippen LogP contribution >= 0.6 is 0 Å². The Labute approximate surface area is 150 Å². The number of hydrogen-bond acceptors (Lipinski definition) is 5. The monoisotopic (exact) mass is 359 g/mol. The van der Waals surface area contributed by atoms with Crippen molar-refractivity contribution in [1.82, 2.24) is 4.90 Å². The smallest absolute Gasteiger partial charge is 0.271 e. The van der Waals surface area contributed by atoms with Crippen molar-refractivity contribution in [1.29, 1.82) is 0 Å². The molecule has 3 rings (SSSR count). The van der Waals surface area contributed by atoms with Crippen molar-refractivity contribution in [2.75, 3.05) is 11.9 Å². The van der Waals surface area contributed by atoms with Gasteiger partial charge in [-0.25, -0.2) is 0 Å². The Hall–Kier alpha value is -2.77. The Bertz CT molecular complexity index is 819. The van der Waals surface area contributed by atoms with Gasteiger partial charge in [0.2, 0.25) is 17.7 Å². The summed E-state index contributed by atoms with van der Waals surface area (Å²) in [6, 6.07) is 5.51. The van der Waals surface area contributed by atoms with Crippen LogP contribution in [0.25, 0.3) is 0 Å². The average Bonchev–Trinajstić information content (AvgIpc) is 2.76. The molecule has 8 heteroatoms. The average molecular weight is 359 g/mol. The largest absolute Gasteiger partial charge is 0.324 e. The van der Waals surface area contributed by atoms with Crippen LogP contribution in [0.2, 0.25) is 0 Å². The lowest BCUT2D eigenvalue weighted by atomic mass is 9.62. The van der Waals surface area contributed by atoms with Crippen LogP contribution in [0.4, 0.5) is 11.4 Å². The lowest BCUT2D eigenvalue weighted by Crippen LogP contribution is -2.60. The van der Waals surface area contributed by atoms with Gasteiger partial charge in [-0.15, -0.1) is 0 Å². The predicted molar refractivity (Wildman–Crippen MR) is 93.1 cm³/mol. The molecule has 2 aliphatic rings. The van der Waals surface area contributed by atoms with Crippen LogP contribution in [-0.2, 0) is 14.4 Å². The second-order valence-corrected chi connectivity index (χ2v) is 7.73. The fourth-order valence-electron chi connectivity index (χ4n) is 4.09. The summed E-state index contributed by atoms with van der Waals surface area (Å²) in [7, 11) is 0. The summed E-state index contributed by atoms with van der Waals surface area (Å²) in [5.74, 6) is -1.48. The molecular formula is C18H21N3O5. The number of rotatable bonds is 4. The first-order valence-electron chi connectivity index (χ1n) is 8.48. The van der Waals surface area contributed by atoms with Gasteiger partial charge in [0.1, 0.15) is 6.54 Å². The number of piperidine rings is 1. The van der Waals surface area contributed by atoms with E-state index in [1.165, 1.54) is 24.3 Å². The van der Waals surface area contributed by atoms with Crippen LogP contribution in [0.1, 0.15) is 33.6 Å². The molecule has 2 bridgehead atoms. The van der Waals surface area contributed by atoms with Gasteiger partial charge in [0, 0.05) is 23.7 Å². The molecule has 1 aromatic rings. The molecule has 0 aromatic heterocycles. The van der Waals surface area contributed by atoms with Gasteiger partial charge in [0.25, 0.3) is 5.69 Å². The third-order valence-electron chi connectivity index (χ3n) is 6.15. The number of nitro benzene ring substituents is 1. The van der Waals surface area contributed by atoms with Crippen molar-refractivity contribution in [3.63, 3.8) is 0 Å². The molecule has 1 saturated carbocycles. The number of likely N-dealkylation sites (tertiary alicyclic amines) is 1. The maximum atomic E-state index is 12.9. The summed E-state index contributed by atoms with van der Waals surface area (Å²) in [5.41, 5.74) is -1.01. The zero-order valence-corrected chi connectivity index (χ0v) is 14.9. The molecule has 1 aliphatic carbocycles. The third kappa shape index (κ3) is 2.56. The number of nitrogens with one attached hydrogen (secondary N) is 1. The number of hydrogen-bond donors (Lipinski definition) is 1. The van der Waals surface area contributed by atoms with Gasteiger partial charge in [-0.1, -0.05) is 26.8 Å². The fraction of sp³-hybridized carbons (Fsp3) is 0.500. The van der Waals surface area contributed by atoms with Crippen molar-refractivity contribution in [2.24, 2.45) is 16.7 Å². The summed E-state index contributed by atoms with van der Waals surface area (Å²) in [6.07, 6.45) is 1.26. The van der Waals surface area contributed by atoms with Crippen molar-refractivity contribution in [2.45, 2.75) is 33.6 Å². The highest BCUT2D eigenvalue weighted by molar-refractivity contribution is 6.07. The number of non-ortho nitro benzene ring substituents is 1. The molecule has 0 spiro atoms. The molecule has 2 unspecified atom stereocenters. The summed E-state index contributed by atoms with van der Waals surface area (Å²) < 4.78 is 0. The molecule has 0 radical (unpaired) electrons. The second kappa shape index (κ2) is 5.89. The van der Waals surface area contributed by atoms with Crippen LogP contribution in [0.3, 0.4) is 0 Å². The van der Waals surface area contributed by atoms with E-state index in [1.54, 1.807) is 0 Å². The van der Waals surface area contributed by atoms with E-state index < -0.39 is 21.7 Å². The van der Waals surface area contributed by atoms with E-state index in [4.69, 9.17) is 0 Å². The van der Waals surface area contributed by atoms with E-state index in [0.29, 0.717) is 12.8 Å². The molecule has 1 saturated heterocycles. The first-order valence-corrected chi connectivity index (χ1v) is 8.48. The Morgan fingerprint density at radius 1 is 1.35 bits per heavy atom. The number of nitrogens with zero attached hydrogens (tertiary/aromatic N) is 2. The standard InChI is InChI=1S/C18H21N3O5/c1-17(2)13-7-8-18(17,3)16(24)20(15(13)23)10-14(22)19-11-5-4-6-12(9-11)21(25)26/h4-6,9,13H,7-8,10H2,1-3H3,(H,19,22). The highest BCUT2D eigenvalue weighted by atomic mass is 16.6. The fourth-order valence-corrected chi connectivity index (χ4v) is 4.09. The quantitative estimate of drug-likeness (QED) is 0.504. The van der Waals surface area contributed by atoms with Crippen LogP contribution in [0, 0.1) is 26.9 Å². The van der Waals surface area contributed by atoms with E-state index >= 15 is 0 Å². The van der Waals surface area contributed by atoms with Gasteiger partial charge in [-0.3, -0.25) is 29.4 Å². The van der Waals surface area contributed by atoms with Gasteiger partial charge < -0.3 is 5.32 Å². The first kappa shape index (κ1) is 18.0. The minimum atomic E-state index is -0.669. The van der Waals surface area contributed by atoms with Crippen molar-refractivity contribution in [3.8, 4) is 0 Å². The number of fused-ring (bicyclic) bond motifs is 2. The molecule has 26 heavy (non-hydrogen) atoms. The molecule has 1 heterocycles. The maximum absolute atomic E-state index is 12.9. The summed E-state index contributed by atoms with van der Waals surface area (Å²) in [6.45, 7) is 5.33. The first-order chi connectivity index (χ1) is 12.1. The van der Waals surface area contributed by atoms with Crippen molar-refractivity contribution in [3.05, 3.63) is 34.4 Å². The van der Waals surface area contributed by atoms with Crippen LogP contribution < -0.4 is 5.32 Å². The number of amides is 3. The lowest BCUT2D eigenvalue weighted by molar-refractivity contribution is -0.384. The number of imide groups is 1. The number of carbonyl (C=O) groups excluding carboxylic acids is 3. The van der Waals surface area contributed by atoms with E-state index in [1.807, 2.05) is 20.8 Å². The zero-order valence-electron chi connectivity index (χ0n) is 14.9. The SMILES string of the molecule is CC12CCC(C(=O)N(CC(=O)Nc3cccc([N+](=O)[O-])c3)C1=O)C2(C)C. The Balaban J connectivity index is 1.76. The Morgan fingerprint density at radius 3 is 2.69 bits per heavy atom. The molecule has 8 nitrogen and oxygen atoms in total. The second-order valence-electron chi connectivity index (χ2n) is 7.73. The maximum Gasteiger partial charge on any atom is 0.271 e. The topological polar surface area (TPSA) is 110 Å². The molecule has 138 valence electrons. The summed E-state index contributed by atoms with van der Waals surface area (Å²) in [4.78, 5) is 49.2. The van der Waals surface area contributed by atoms with E-state index in [-0.39, 0.29) is 35.7 Å². The molecular weight excluding hydrogens is 338 g/mol. The molecule has 2 atom stereocenters. The molecule has 2 fully saturated rings. The summed E-state index contributed by atoms with van der Waals surface area (Å²) >= 11 is 0. The molecule has 3 amide bonds. The lowest BCUT2D eigenvalue weighted by Gasteiger charge is -2.47. The van der Waals surface area contributed by atoms with Crippen LogP contribution in [0.5, 0.6) is 0 Å².